The minimum atomic E-state index is -0.171. The first kappa shape index (κ1) is 14.9. The lowest BCUT2D eigenvalue weighted by Crippen LogP contribution is -2.23. The van der Waals surface area contributed by atoms with Crippen LogP contribution in [0.2, 0.25) is 5.02 Å². The van der Waals surface area contributed by atoms with E-state index in [4.69, 9.17) is 23.2 Å². The zero-order valence-corrected chi connectivity index (χ0v) is 12.6. The molecule has 0 spiro atoms. The summed E-state index contributed by atoms with van der Waals surface area (Å²) in [6.07, 6.45) is 0. The van der Waals surface area contributed by atoms with Crippen LogP contribution in [0.4, 0.5) is 0 Å². The summed E-state index contributed by atoms with van der Waals surface area (Å²) in [6.45, 7) is 2.33. The molecule has 0 aliphatic rings. The number of aryl methyl sites for hydroxylation is 1. The number of alkyl halides is 1. The van der Waals surface area contributed by atoms with Crippen molar-refractivity contribution in [3.63, 3.8) is 0 Å². The van der Waals surface area contributed by atoms with Gasteiger partial charge in [-0.3, -0.25) is 4.79 Å². The summed E-state index contributed by atoms with van der Waals surface area (Å²) < 4.78 is 0. The lowest BCUT2D eigenvalue weighted by molar-refractivity contribution is 0.0951. The summed E-state index contributed by atoms with van der Waals surface area (Å²) in [5.41, 5.74) is 3.44. The average Bonchev–Trinajstić information content (AvgIpc) is 2.48. The SMILES string of the molecule is Cc1cccc(C(=O)NCc2cccc(CCl)c2)c1Cl. The number of carbonyl (C=O) groups is 1. The zero-order chi connectivity index (χ0) is 14.5. The maximum Gasteiger partial charge on any atom is 0.253 e. The average molecular weight is 308 g/mol. The fraction of sp³-hybridized carbons (Fsp3) is 0.188. The third-order valence-electron chi connectivity index (χ3n) is 3.04. The molecule has 1 N–H and O–H groups in total. The summed E-state index contributed by atoms with van der Waals surface area (Å²) in [4.78, 5) is 12.1. The van der Waals surface area contributed by atoms with E-state index in [1.54, 1.807) is 6.07 Å². The van der Waals surface area contributed by atoms with Gasteiger partial charge in [-0.15, -0.1) is 11.6 Å². The van der Waals surface area contributed by atoms with Crippen molar-refractivity contribution in [1.29, 1.82) is 0 Å². The Hall–Kier alpha value is -1.51. The van der Waals surface area contributed by atoms with Crippen LogP contribution in [0.1, 0.15) is 27.0 Å². The first-order valence-corrected chi connectivity index (χ1v) is 7.20. The molecule has 2 rings (SSSR count). The molecule has 0 radical (unpaired) electrons. The van der Waals surface area contributed by atoms with Crippen LogP contribution in [0.3, 0.4) is 0 Å². The van der Waals surface area contributed by atoms with E-state index in [1.165, 1.54) is 0 Å². The number of benzene rings is 2. The summed E-state index contributed by atoms with van der Waals surface area (Å²) >= 11 is 11.9. The molecule has 0 saturated carbocycles. The van der Waals surface area contributed by atoms with E-state index in [0.29, 0.717) is 23.0 Å². The Morgan fingerprint density at radius 1 is 1.15 bits per heavy atom. The highest BCUT2D eigenvalue weighted by molar-refractivity contribution is 6.34. The van der Waals surface area contributed by atoms with Gasteiger partial charge >= 0.3 is 0 Å². The molecule has 0 atom stereocenters. The Bertz CT molecular complexity index is 626. The van der Waals surface area contributed by atoms with Crippen molar-refractivity contribution in [1.82, 2.24) is 5.32 Å². The van der Waals surface area contributed by atoms with Crippen molar-refractivity contribution in [2.24, 2.45) is 0 Å². The second-order valence-corrected chi connectivity index (χ2v) is 5.22. The van der Waals surface area contributed by atoms with Gasteiger partial charge in [0.15, 0.2) is 0 Å². The Labute approximate surface area is 128 Å². The lowest BCUT2D eigenvalue weighted by Gasteiger charge is -2.09. The highest BCUT2D eigenvalue weighted by atomic mass is 35.5. The van der Waals surface area contributed by atoms with Crippen molar-refractivity contribution >= 4 is 29.1 Å². The molecule has 0 heterocycles. The summed E-state index contributed by atoms with van der Waals surface area (Å²) in [5, 5.41) is 3.37. The van der Waals surface area contributed by atoms with Crippen LogP contribution in [0.25, 0.3) is 0 Å². The molecule has 104 valence electrons. The van der Waals surface area contributed by atoms with Crippen LogP contribution in [0.15, 0.2) is 42.5 Å². The summed E-state index contributed by atoms with van der Waals surface area (Å²) in [7, 11) is 0. The molecule has 0 aliphatic heterocycles. The minimum Gasteiger partial charge on any atom is -0.348 e. The maximum absolute atomic E-state index is 12.1. The molecule has 0 aromatic heterocycles. The lowest BCUT2D eigenvalue weighted by atomic mass is 10.1. The highest BCUT2D eigenvalue weighted by Crippen LogP contribution is 2.20. The Morgan fingerprint density at radius 3 is 2.60 bits per heavy atom. The monoisotopic (exact) mass is 307 g/mol. The molecule has 0 unspecified atom stereocenters. The van der Waals surface area contributed by atoms with Gasteiger partial charge < -0.3 is 5.32 Å². The van der Waals surface area contributed by atoms with Crippen LogP contribution in [0.5, 0.6) is 0 Å². The Morgan fingerprint density at radius 2 is 1.85 bits per heavy atom. The smallest absolute Gasteiger partial charge is 0.253 e. The molecule has 2 aromatic carbocycles. The number of amides is 1. The predicted molar refractivity (Wildman–Crippen MR) is 83.4 cm³/mol. The summed E-state index contributed by atoms with van der Waals surface area (Å²) in [5.74, 6) is 0.292. The van der Waals surface area contributed by atoms with E-state index >= 15 is 0 Å². The van der Waals surface area contributed by atoms with Gasteiger partial charge in [0.1, 0.15) is 0 Å². The van der Waals surface area contributed by atoms with E-state index < -0.39 is 0 Å². The number of rotatable bonds is 4. The van der Waals surface area contributed by atoms with Crippen molar-refractivity contribution in [3.05, 3.63) is 69.7 Å². The zero-order valence-electron chi connectivity index (χ0n) is 11.1. The van der Waals surface area contributed by atoms with E-state index in [2.05, 4.69) is 5.32 Å². The van der Waals surface area contributed by atoms with Crippen molar-refractivity contribution in [3.8, 4) is 0 Å². The van der Waals surface area contributed by atoms with Crippen LogP contribution in [-0.4, -0.2) is 5.91 Å². The molecule has 0 bridgehead atoms. The van der Waals surface area contributed by atoms with E-state index in [9.17, 15) is 4.79 Å². The molecular formula is C16H15Cl2NO. The van der Waals surface area contributed by atoms with Gasteiger partial charge in [-0.2, -0.15) is 0 Å². The van der Waals surface area contributed by atoms with Crippen LogP contribution in [0, 0.1) is 6.92 Å². The number of carbonyl (C=O) groups excluding carboxylic acids is 1. The first-order valence-electron chi connectivity index (χ1n) is 6.29. The van der Waals surface area contributed by atoms with Gasteiger partial charge in [-0.05, 0) is 29.7 Å². The molecule has 1 amide bonds. The number of nitrogens with one attached hydrogen (secondary N) is 1. The quantitative estimate of drug-likeness (QED) is 0.838. The van der Waals surface area contributed by atoms with Crippen LogP contribution < -0.4 is 5.32 Å². The Kier molecular flexibility index (Phi) is 5.05. The second kappa shape index (κ2) is 6.78. The molecule has 0 fully saturated rings. The van der Waals surface area contributed by atoms with Gasteiger partial charge in [0.2, 0.25) is 0 Å². The van der Waals surface area contributed by atoms with Gasteiger partial charge in [-0.1, -0.05) is 48.0 Å². The first-order chi connectivity index (χ1) is 9.61. The Balaban J connectivity index is 2.06. The van der Waals surface area contributed by atoms with Gasteiger partial charge in [-0.25, -0.2) is 0 Å². The molecular weight excluding hydrogens is 293 g/mol. The molecule has 2 nitrogen and oxygen atoms in total. The standard InChI is InChI=1S/C16H15Cl2NO/c1-11-4-2-7-14(15(11)18)16(20)19-10-13-6-3-5-12(8-13)9-17/h2-8H,9-10H2,1H3,(H,19,20). The topological polar surface area (TPSA) is 29.1 Å². The number of hydrogen-bond donors (Lipinski definition) is 1. The molecule has 0 aliphatic carbocycles. The molecule has 20 heavy (non-hydrogen) atoms. The fourth-order valence-corrected chi connectivity index (χ4v) is 2.30. The van der Waals surface area contributed by atoms with Crippen molar-refractivity contribution in [2.45, 2.75) is 19.3 Å². The predicted octanol–water partition coefficient (Wildman–Crippen LogP) is 4.32. The van der Waals surface area contributed by atoms with Crippen LogP contribution in [-0.2, 0) is 12.4 Å². The minimum absolute atomic E-state index is 0.171. The largest absolute Gasteiger partial charge is 0.348 e. The highest BCUT2D eigenvalue weighted by Gasteiger charge is 2.11. The normalized spacial score (nSPS) is 10.3. The van der Waals surface area contributed by atoms with Crippen molar-refractivity contribution in [2.75, 3.05) is 0 Å². The van der Waals surface area contributed by atoms with Crippen molar-refractivity contribution < 1.29 is 4.79 Å². The maximum atomic E-state index is 12.1. The number of hydrogen-bond acceptors (Lipinski definition) is 1. The van der Waals surface area contributed by atoms with Crippen LogP contribution >= 0.6 is 23.2 Å². The van der Waals surface area contributed by atoms with E-state index in [-0.39, 0.29) is 5.91 Å². The molecule has 2 aromatic rings. The summed E-state index contributed by atoms with van der Waals surface area (Å²) in [6, 6.07) is 13.2. The third kappa shape index (κ3) is 3.53. The van der Waals surface area contributed by atoms with E-state index in [0.717, 1.165) is 16.7 Å². The molecule has 4 heteroatoms. The van der Waals surface area contributed by atoms with E-state index in [1.807, 2.05) is 43.3 Å². The second-order valence-electron chi connectivity index (χ2n) is 4.57. The van der Waals surface area contributed by atoms with Gasteiger partial charge in [0.25, 0.3) is 5.91 Å². The van der Waals surface area contributed by atoms with Gasteiger partial charge in [0, 0.05) is 12.4 Å². The third-order valence-corrected chi connectivity index (χ3v) is 3.85. The number of halogens is 2. The molecule has 0 saturated heterocycles. The van der Waals surface area contributed by atoms with Gasteiger partial charge in [0.05, 0.1) is 10.6 Å². The fourth-order valence-electron chi connectivity index (χ4n) is 1.92.